The highest BCUT2D eigenvalue weighted by atomic mass is 32.2. The maximum absolute atomic E-state index is 4.69. The van der Waals surface area contributed by atoms with Crippen molar-refractivity contribution in [2.75, 3.05) is 19.6 Å². The van der Waals surface area contributed by atoms with Gasteiger partial charge in [-0.15, -0.1) is 11.8 Å². The van der Waals surface area contributed by atoms with Crippen LogP contribution in [-0.2, 0) is 6.54 Å². The molecule has 1 atom stereocenters. The number of nitrogens with zero attached hydrogens (tertiary/aromatic N) is 3. The Hall–Kier alpha value is -1.95. The Bertz CT molecular complexity index is 623. The van der Waals surface area contributed by atoms with Gasteiger partial charge < -0.3 is 10.6 Å². The zero-order valence-electron chi connectivity index (χ0n) is 14.7. The summed E-state index contributed by atoms with van der Waals surface area (Å²) in [6.45, 7) is 9.59. The highest BCUT2D eigenvalue weighted by Gasteiger charge is 2.05. The number of hydrogen-bond acceptors (Lipinski definition) is 3. The summed E-state index contributed by atoms with van der Waals surface area (Å²) in [6.07, 6.45) is 3.92. The average Bonchev–Trinajstić information content (AvgIpc) is 2.99. The van der Waals surface area contributed by atoms with Crippen LogP contribution in [-0.4, -0.2) is 40.6 Å². The number of rotatable bonds is 8. The minimum atomic E-state index is 0.427. The molecule has 6 heteroatoms. The molecule has 0 saturated carbocycles. The molecule has 0 amide bonds. The van der Waals surface area contributed by atoms with Crippen LogP contribution in [0.4, 0.5) is 0 Å². The van der Waals surface area contributed by atoms with Crippen LogP contribution in [0, 0.1) is 6.92 Å². The minimum absolute atomic E-state index is 0.427. The fourth-order valence-electron chi connectivity index (χ4n) is 2.21. The summed E-state index contributed by atoms with van der Waals surface area (Å²) < 4.78 is 1.94. The van der Waals surface area contributed by atoms with E-state index in [1.54, 1.807) is 0 Å². The first-order valence-corrected chi connectivity index (χ1v) is 9.28. The monoisotopic (exact) mass is 345 g/mol. The Morgan fingerprint density at radius 3 is 2.75 bits per heavy atom. The second-order valence-electron chi connectivity index (χ2n) is 5.67. The molecule has 1 aromatic carbocycles. The Morgan fingerprint density at radius 2 is 2.08 bits per heavy atom. The molecular formula is C18H27N5S. The lowest BCUT2D eigenvalue weighted by atomic mass is 10.4. The molecule has 0 fully saturated rings. The average molecular weight is 346 g/mol. The first kappa shape index (κ1) is 18.4. The maximum Gasteiger partial charge on any atom is 0.191 e. The molecule has 5 nitrogen and oxygen atoms in total. The van der Waals surface area contributed by atoms with Gasteiger partial charge in [-0.3, -0.25) is 9.67 Å². The molecule has 2 aromatic rings. The van der Waals surface area contributed by atoms with E-state index in [1.807, 2.05) is 41.8 Å². The van der Waals surface area contributed by atoms with Crippen molar-refractivity contribution < 1.29 is 0 Å². The fraction of sp³-hybridized carbons (Fsp3) is 0.444. The van der Waals surface area contributed by atoms with Gasteiger partial charge >= 0.3 is 0 Å². The van der Waals surface area contributed by atoms with Crippen LogP contribution in [0.3, 0.4) is 0 Å². The predicted octanol–water partition coefficient (Wildman–Crippen LogP) is 2.93. The van der Waals surface area contributed by atoms with Gasteiger partial charge in [0.05, 0.1) is 19.3 Å². The molecule has 2 rings (SSSR count). The molecule has 0 aliphatic carbocycles. The summed E-state index contributed by atoms with van der Waals surface area (Å²) in [4.78, 5) is 5.97. The van der Waals surface area contributed by atoms with Gasteiger partial charge in [-0.1, -0.05) is 25.1 Å². The number of hydrogen-bond donors (Lipinski definition) is 2. The van der Waals surface area contributed by atoms with E-state index < -0.39 is 0 Å². The normalized spacial score (nSPS) is 12.9. The molecular weight excluding hydrogens is 318 g/mol. The van der Waals surface area contributed by atoms with E-state index >= 15 is 0 Å². The van der Waals surface area contributed by atoms with Crippen LogP contribution in [0.1, 0.15) is 19.4 Å². The van der Waals surface area contributed by atoms with Gasteiger partial charge in [0, 0.05) is 29.4 Å². The minimum Gasteiger partial charge on any atom is -0.357 e. The van der Waals surface area contributed by atoms with E-state index in [0.29, 0.717) is 5.25 Å². The van der Waals surface area contributed by atoms with Crippen LogP contribution in [0.15, 0.2) is 52.6 Å². The lowest BCUT2D eigenvalue weighted by Gasteiger charge is -2.13. The van der Waals surface area contributed by atoms with Crippen molar-refractivity contribution in [2.24, 2.45) is 4.99 Å². The lowest BCUT2D eigenvalue weighted by Crippen LogP contribution is -2.39. The van der Waals surface area contributed by atoms with Crippen molar-refractivity contribution in [3.05, 3.63) is 48.3 Å². The Balaban J connectivity index is 1.78. The smallest absolute Gasteiger partial charge is 0.191 e. The Labute approximate surface area is 148 Å². The topological polar surface area (TPSA) is 54.2 Å². The number of guanidine groups is 1. The summed E-state index contributed by atoms with van der Waals surface area (Å²) >= 11 is 1.85. The second kappa shape index (κ2) is 10.0. The van der Waals surface area contributed by atoms with Crippen LogP contribution < -0.4 is 10.6 Å². The quantitative estimate of drug-likeness (QED) is 0.439. The zero-order chi connectivity index (χ0) is 17.2. The maximum atomic E-state index is 4.69. The number of benzene rings is 1. The Morgan fingerprint density at radius 1 is 1.29 bits per heavy atom. The van der Waals surface area contributed by atoms with Gasteiger partial charge in [0.15, 0.2) is 5.96 Å². The highest BCUT2D eigenvalue weighted by Crippen LogP contribution is 2.22. The van der Waals surface area contributed by atoms with Crippen molar-refractivity contribution >= 4 is 17.7 Å². The highest BCUT2D eigenvalue weighted by molar-refractivity contribution is 8.00. The number of nitrogens with one attached hydrogen (secondary N) is 2. The number of aliphatic imine (C=N–C) groups is 1. The van der Waals surface area contributed by atoms with Gasteiger partial charge in [-0.05, 0) is 31.5 Å². The van der Waals surface area contributed by atoms with Crippen molar-refractivity contribution in [2.45, 2.75) is 37.5 Å². The first-order valence-electron chi connectivity index (χ1n) is 8.40. The summed E-state index contributed by atoms with van der Waals surface area (Å²) in [6, 6.07) is 10.5. The standard InChI is InChI=1S/C18H27N5S/c1-4-19-18(20-10-11-23-14-15(2)12-22-23)21-13-16(3)24-17-8-6-5-7-9-17/h5-9,12,14,16H,4,10-11,13H2,1-3H3,(H2,19,20,21). The molecule has 0 bridgehead atoms. The Kier molecular flexibility index (Phi) is 7.68. The summed E-state index contributed by atoms with van der Waals surface area (Å²) in [5, 5.41) is 11.4. The number of thioether (sulfide) groups is 1. The van der Waals surface area contributed by atoms with Gasteiger partial charge in [0.25, 0.3) is 0 Å². The third kappa shape index (κ3) is 6.66. The van der Waals surface area contributed by atoms with E-state index in [4.69, 9.17) is 0 Å². The van der Waals surface area contributed by atoms with E-state index in [-0.39, 0.29) is 0 Å². The predicted molar refractivity (Wildman–Crippen MR) is 103 cm³/mol. The van der Waals surface area contributed by atoms with Gasteiger partial charge in [-0.2, -0.15) is 5.10 Å². The summed E-state index contributed by atoms with van der Waals surface area (Å²) in [5.41, 5.74) is 1.18. The van der Waals surface area contributed by atoms with Crippen molar-refractivity contribution in [1.29, 1.82) is 0 Å². The van der Waals surface area contributed by atoms with E-state index in [2.05, 4.69) is 58.8 Å². The first-order chi connectivity index (χ1) is 11.7. The van der Waals surface area contributed by atoms with Crippen LogP contribution in [0.5, 0.6) is 0 Å². The molecule has 2 N–H and O–H groups in total. The third-order valence-corrected chi connectivity index (χ3v) is 4.42. The van der Waals surface area contributed by atoms with E-state index in [1.165, 1.54) is 10.5 Å². The molecule has 0 aliphatic heterocycles. The van der Waals surface area contributed by atoms with Gasteiger partial charge in [0.1, 0.15) is 0 Å². The molecule has 1 aromatic heterocycles. The molecule has 130 valence electrons. The van der Waals surface area contributed by atoms with E-state index in [0.717, 1.165) is 32.1 Å². The summed E-state index contributed by atoms with van der Waals surface area (Å²) in [7, 11) is 0. The van der Waals surface area contributed by atoms with Gasteiger partial charge in [0.2, 0.25) is 0 Å². The molecule has 0 spiro atoms. The van der Waals surface area contributed by atoms with Crippen molar-refractivity contribution in [3.8, 4) is 0 Å². The molecule has 24 heavy (non-hydrogen) atoms. The SMILES string of the molecule is CCNC(=NCC(C)Sc1ccccc1)NCCn1cc(C)cn1. The lowest BCUT2D eigenvalue weighted by molar-refractivity contribution is 0.597. The molecule has 1 unspecified atom stereocenters. The van der Waals surface area contributed by atoms with Crippen molar-refractivity contribution in [3.63, 3.8) is 0 Å². The third-order valence-electron chi connectivity index (χ3n) is 3.33. The molecule has 1 heterocycles. The van der Waals surface area contributed by atoms with Crippen LogP contribution >= 0.6 is 11.8 Å². The zero-order valence-corrected chi connectivity index (χ0v) is 15.5. The fourth-order valence-corrected chi connectivity index (χ4v) is 3.14. The van der Waals surface area contributed by atoms with E-state index in [9.17, 15) is 0 Å². The number of aromatic nitrogens is 2. The summed E-state index contributed by atoms with van der Waals surface area (Å²) in [5.74, 6) is 0.863. The van der Waals surface area contributed by atoms with Crippen molar-refractivity contribution in [1.82, 2.24) is 20.4 Å². The van der Waals surface area contributed by atoms with Crippen LogP contribution in [0.2, 0.25) is 0 Å². The second-order valence-corrected chi connectivity index (χ2v) is 7.18. The number of aryl methyl sites for hydroxylation is 1. The largest absolute Gasteiger partial charge is 0.357 e. The molecule has 0 saturated heterocycles. The molecule has 0 aliphatic rings. The van der Waals surface area contributed by atoms with Gasteiger partial charge in [-0.25, -0.2) is 0 Å². The van der Waals surface area contributed by atoms with Crippen LogP contribution in [0.25, 0.3) is 0 Å². The molecule has 0 radical (unpaired) electrons.